The molecule has 0 aliphatic heterocycles. The van der Waals surface area contributed by atoms with Crippen LogP contribution in [0, 0.1) is 0 Å². The summed E-state index contributed by atoms with van der Waals surface area (Å²) in [6, 6.07) is 0. The first-order valence-electron chi connectivity index (χ1n) is 7.82. The third-order valence-electron chi connectivity index (χ3n) is 3.77. The average molecular weight is 332 g/mol. The summed E-state index contributed by atoms with van der Waals surface area (Å²) in [6.07, 6.45) is 2.02. The van der Waals surface area contributed by atoms with Crippen LogP contribution < -0.4 is 5.32 Å². The summed E-state index contributed by atoms with van der Waals surface area (Å²) >= 11 is 0. The number of nitrogens with one attached hydrogen (secondary N) is 1. The second-order valence-corrected chi connectivity index (χ2v) is 18.6. The maximum atomic E-state index is 12.7. The van der Waals surface area contributed by atoms with Crippen molar-refractivity contribution in [1.82, 2.24) is 5.32 Å². The lowest BCUT2D eigenvalue weighted by molar-refractivity contribution is -0.142. The van der Waals surface area contributed by atoms with Crippen molar-refractivity contribution in [2.24, 2.45) is 0 Å². The van der Waals surface area contributed by atoms with E-state index in [9.17, 15) is 9.59 Å². The number of carbonyl (C=O) groups excluding carboxylic acids is 2. The average Bonchev–Trinajstić information content (AvgIpc) is 2.32. The van der Waals surface area contributed by atoms with Crippen LogP contribution in [0.2, 0.25) is 50.4 Å². The molecule has 0 bridgehead atoms. The zero-order valence-corrected chi connectivity index (χ0v) is 17.0. The first kappa shape index (κ1) is 20.4. The molecular weight excluding hydrogens is 298 g/mol. The maximum Gasteiger partial charge on any atom is 0.306 e. The number of rotatable bonds is 8. The fourth-order valence-electron chi connectivity index (χ4n) is 2.66. The molecule has 0 aliphatic carbocycles. The van der Waals surface area contributed by atoms with Crippen LogP contribution in [0.15, 0.2) is 0 Å². The molecule has 0 radical (unpaired) electrons. The van der Waals surface area contributed by atoms with Gasteiger partial charge in [-0.25, -0.2) is 0 Å². The molecule has 0 rings (SSSR count). The van der Waals surface area contributed by atoms with Crippen molar-refractivity contribution in [3.8, 4) is 0 Å². The van der Waals surface area contributed by atoms with Crippen LogP contribution in [0.1, 0.15) is 19.8 Å². The molecule has 2 atom stereocenters. The van der Waals surface area contributed by atoms with Crippen LogP contribution >= 0.6 is 0 Å². The van der Waals surface area contributed by atoms with Crippen molar-refractivity contribution < 1.29 is 14.3 Å². The van der Waals surface area contributed by atoms with Gasteiger partial charge in [0.15, 0.2) is 0 Å². The summed E-state index contributed by atoms with van der Waals surface area (Å²) in [7, 11) is -2.27. The van der Waals surface area contributed by atoms with Gasteiger partial charge in [0.05, 0.1) is 28.8 Å². The monoisotopic (exact) mass is 331 g/mol. The van der Waals surface area contributed by atoms with Gasteiger partial charge in [0.25, 0.3) is 0 Å². The molecule has 0 unspecified atom stereocenters. The Balaban J connectivity index is 5.46. The van der Waals surface area contributed by atoms with Gasteiger partial charge in [0, 0.05) is 12.1 Å². The normalized spacial score (nSPS) is 15.2. The van der Waals surface area contributed by atoms with E-state index in [4.69, 9.17) is 4.74 Å². The largest absolute Gasteiger partial charge is 0.469 e. The SMILES string of the molecule is CCCCNC(=O)[C@H]([C@H](C(=O)OC)[Si](C)(C)C)[Si](C)(C)C. The first-order valence-corrected chi connectivity index (χ1v) is 15.0. The molecule has 0 heterocycles. The minimum Gasteiger partial charge on any atom is -0.469 e. The molecule has 0 fully saturated rings. The Hall–Kier alpha value is -0.626. The van der Waals surface area contributed by atoms with Crippen LogP contribution in [0.25, 0.3) is 0 Å². The molecule has 124 valence electrons. The maximum absolute atomic E-state index is 12.7. The second-order valence-electron chi connectivity index (χ2n) is 7.86. The topological polar surface area (TPSA) is 55.4 Å². The number of hydrogen-bond acceptors (Lipinski definition) is 3. The Morgan fingerprint density at radius 3 is 1.81 bits per heavy atom. The Bertz CT molecular complexity index is 359. The van der Waals surface area contributed by atoms with E-state index in [1.807, 2.05) is 0 Å². The van der Waals surface area contributed by atoms with Crippen LogP contribution in [0.4, 0.5) is 0 Å². The molecule has 0 saturated carbocycles. The highest BCUT2D eigenvalue weighted by molar-refractivity contribution is 6.87. The third kappa shape index (κ3) is 6.34. The van der Waals surface area contributed by atoms with Gasteiger partial charge in [-0.05, 0) is 6.42 Å². The fourth-order valence-corrected chi connectivity index (χ4v) is 9.66. The van der Waals surface area contributed by atoms with Crippen molar-refractivity contribution >= 4 is 28.0 Å². The summed E-state index contributed by atoms with van der Waals surface area (Å²) in [4.78, 5) is 25.0. The quantitative estimate of drug-likeness (QED) is 0.421. The Morgan fingerprint density at radius 2 is 1.48 bits per heavy atom. The van der Waals surface area contributed by atoms with E-state index in [0.29, 0.717) is 6.54 Å². The molecule has 0 aromatic carbocycles. The van der Waals surface area contributed by atoms with Gasteiger partial charge in [-0.1, -0.05) is 52.6 Å². The standard InChI is InChI=1S/C15H33NO3Si2/c1-9-10-11-16-14(17)12(20(3,4)5)13(15(18)19-2)21(6,7)8/h12-13H,9-11H2,1-8H3,(H,16,17)/t12-,13+/m0/s1. The number of unbranched alkanes of at least 4 members (excludes halogenated alkanes) is 1. The number of esters is 1. The summed E-state index contributed by atoms with van der Waals surface area (Å²) < 4.78 is 5.03. The summed E-state index contributed by atoms with van der Waals surface area (Å²) in [5, 5.41) is 3.03. The minimum absolute atomic E-state index is 0.0421. The number of carbonyl (C=O) groups is 2. The van der Waals surface area contributed by atoms with E-state index in [2.05, 4.69) is 51.5 Å². The number of amides is 1. The van der Waals surface area contributed by atoms with E-state index in [0.717, 1.165) is 12.8 Å². The van der Waals surface area contributed by atoms with Crippen LogP contribution in [0.5, 0.6) is 0 Å². The van der Waals surface area contributed by atoms with Gasteiger partial charge in [0.1, 0.15) is 0 Å². The highest BCUT2D eigenvalue weighted by atomic mass is 28.3. The molecule has 1 N–H and O–H groups in total. The van der Waals surface area contributed by atoms with Crippen molar-refractivity contribution in [1.29, 1.82) is 0 Å². The van der Waals surface area contributed by atoms with Gasteiger partial charge < -0.3 is 10.1 Å². The summed E-state index contributed by atoms with van der Waals surface area (Å²) in [6.45, 7) is 15.7. The minimum atomic E-state index is -1.85. The lowest BCUT2D eigenvalue weighted by Gasteiger charge is -2.39. The smallest absolute Gasteiger partial charge is 0.306 e. The second kappa shape index (κ2) is 8.12. The Labute approximate surface area is 132 Å². The van der Waals surface area contributed by atoms with E-state index in [1.54, 1.807) is 0 Å². The highest BCUT2D eigenvalue weighted by Crippen LogP contribution is 2.42. The third-order valence-corrected chi connectivity index (χ3v) is 9.00. The molecule has 0 aliphatic rings. The van der Waals surface area contributed by atoms with Gasteiger partial charge >= 0.3 is 5.97 Å². The van der Waals surface area contributed by atoms with Crippen molar-refractivity contribution in [2.45, 2.75) is 70.1 Å². The Kier molecular flexibility index (Phi) is 7.88. The molecule has 21 heavy (non-hydrogen) atoms. The van der Waals surface area contributed by atoms with Crippen molar-refractivity contribution in [2.75, 3.05) is 13.7 Å². The summed E-state index contributed by atoms with van der Waals surface area (Å²) in [5.41, 5.74) is -0.482. The number of methoxy groups -OCH3 is 1. The number of ether oxygens (including phenoxy) is 1. The lowest BCUT2D eigenvalue weighted by atomic mass is 10.2. The van der Waals surface area contributed by atoms with Gasteiger partial charge in [-0.3, -0.25) is 9.59 Å². The lowest BCUT2D eigenvalue weighted by Crippen LogP contribution is -2.50. The number of hydrogen-bond donors (Lipinski definition) is 1. The predicted molar refractivity (Wildman–Crippen MR) is 94.1 cm³/mol. The zero-order chi connectivity index (χ0) is 16.8. The fraction of sp³-hybridized carbons (Fsp3) is 0.867. The highest BCUT2D eigenvalue weighted by Gasteiger charge is 2.49. The predicted octanol–water partition coefficient (Wildman–Crippen LogP) is 3.49. The Morgan fingerprint density at radius 1 is 1.00 bits per heavy atom. The van der Waals surface area contributed by atoms with Gasteiger partial charge in [-0.15, -0.1) is 0 Å². The molecule has 0 aromatic rings. The van der Waals surface area contributed by atoms with Crippen molar-refractivity contribution in [3.63, 3.8) is 0 Å². The van der Waals surface area contributed by atoms with E-state index >= 15 is 0 Å². The molecule has 0 aromatic heterocycles. The molecule has 0 saturated heterocycles. The molecule has 4 nitrogen and oxygen atoms in total. The van der Waals surface area contributed by atoms with E-state index in [1.165, 1.54) is 7.11 Å². The van der Waals surface area contributed by atoms with Gasteiger partial charge in [-0.2, -0.15) is 0 Å². The zero-order valence-electron chi connectivity index (χ0n) is 15.0. The first-order chi connectivity index (χ1) is 9.46. The van der Waals surface area contributed by atoms with Gasteiger partial charge in [0.2, 0.25) is 5.91 Å². The molecule has 0 spiro atoms. The van der Waals surface area contributed by atoms with E-state index < -0.39 is 16.1 Å². The summed E-state index contributed by atoms with van der Waals surface area (Å²) in [5.74, 6) is -0.173. The van der Waals surface area contributed by atoms with Crippen LogP contribution in [-0.2, 0) is 14.3 Å². The van der Waals surface area contributed by atoms with E-state index in [-0.39, 0.29) is 23.0 Å². The van der Waals surface area contributed by atoms with Crippen LogP contribution in [-0.4, -0.2) is 41.7 Å². The van der Waals surface area contributed by atoms with Crippen LogP contribution in [0.3, 0.4) is 0 Å². The molecule has 1 amide bonds. The molecule has 6 heteroatoms. The van der Waals surface area contributed by atoms with Crippen molar-refractivity contribution in [3.05, 3.63) is 0 Å². The molecular formula is C15H33NO3Si2.